The van der Waals surface area contributed by atoms with Crippen LogP contribution in [0, 0.1) is 5.92 Å². The molecule has 4 heteroatoms. The second-order valence-corrected chi connectivity index (χ2v) is 6.58. The lowest BCUT2D eigenvalue weighted by Crippen LogP contribution is -2.40. The third-order valence-electron chi connectivity index (χ3n) is 4.12. The van der Waals surface area contributed by atoms with Gasteiger partial charge in [-0.3, -0.25) is 0 Å². The predicted molar refractivity (Wildman–Crippen MR) is 101 cm³/mol. The number of amides is 2. The Labute approximate surface area is 150 Å². The van der Waals surface area contributed by atoms with Gasteiger partial charge in [0.1, 0.15) is 0 Å². The zero-order valence-corrected chi connectivity index (χ0v) is 15.2. The minimum atomic E-state index is -0.174. The van der Waals surface area contributed by atoms with Crippen LogP contribution in [0.3, 0.4) is 0 Å². The van der Waals surface area contributed by atoms with E-state index in [9.17, 15) is 4.79 Å². The van der Waals surface area contributed by atoms with Crippen LogP contribution in [0.1, 0.15) is 43.5 Å². The van der Waals surface area contributed by atoms with E-state index < -0.39 is 0 Å². The minimum absolute atomic E-state index is 0.001000. The van der Waals surface area contributed by atoms with Crippen LogP contribution in [0.25, 0.3) is 0 Å². The van der Waals surface area contributed by atoms with E-state index in [0.29, 0.717) is 12.5 Å². The van der Waals surface area contributed by atoms with Crippen LogP contribution in [0.15, 0.2) is 60.7 Å². The molecular weight excluding hydrogens is 312 g/mol. The maximum atomic E-state index is 12.4. The Hall–Kier alpha value is -2.33. The van der Waals surface area contributed by atoms with Gasteiger partial charge in [0.25, 0.3) is 0 Å². The van der Waals surface area contributed by atoms with Gasteiger partial charge in [-0.15, -0.1) is 0 Å². The van der Waals surface area contributed by atoms with Crippen molar-refractivity contribution < 1.29 is 9.53 Å². The molecular formula is C21H28N2O2. The fraction of sp³-hybridized carbons (Fsp3) is 0.381. The molecule has 0 spiro atoms. The van der Waals surface area contributed by atoms with E-state index >= 15 is 0 Å². The van der Waals surface area contributed by atoms with Crippen LogP contribution >= 0.6 is 0 Å². The van der Waals surface area contributed by atoms with Crippen molar-refractivity contribution in [2.24, 2.45) is 5.92 Å². The SMILES string of the molecule is CO[C@@H](CNC(=O)N[C@H](CC(C)C)c1ccccc1)c1ccccc1. The van der Waals surface area contributed by atoms with Crippen LogP contribution in [0.2, 0.25) is 0 Å². The third kappa shape index (κ3) is 6.24. The molecule has 0 aliphatic heterocycles. The van der Waals surface area contributed by atoms with Gasteiger partial charge in [-0.25, -0.2) is 4.79 Å². The first-order chi connectivity index (χ1) is 12.1. The molecule has 2 atom stereocenters. The molecule has 0 unspecified atom stereocenters. The zero-order chi connectivity index (χ0) is 18.1. The molecule has 4 nitrogen and oxygen atoms in total. The van der Waals surface area contributed by atoms with E-state index in [0.717, 1.165) is 17.5 Å². The summed E-state index contributed by atoms with van der Waals surface area (Å²) < 4.78 is 5.50. The van der Waals surface area contributed by atoms with Crippen molar-refractivity contribution in [1.82, 2.24) is 10.6 Å². The minimum Gasteiger partial charge on any atom is -0.375 e. The summed E-state index contributed by atoms with van der Waals surface area (Å²) in [5.41, 5.74) is 2.17. The van der Waals surface area contributed by atoms with Crippen LogP contribution in [-0.4, -0.2) is 19.7 Å². The Kier molecular flexibility index (Phi) is 7.48. The van der Waals surface area contributed by atoms with Crippen molar-refractivity contribution in [3.05, 3.63) is 71.8 Å². The first-order valence-corrected chi connectivity index (χ1v) is 8.77. The number of urea groups is 1. The Balaban J connectivity index is 1.94. The number of nitrogens with one attached hydrogen (secondary N) is 2. The zero-order valence-electron chi connectivity index (χ0n) is 15.2. The van der Waals surface area contributed by atoms with E-state index in [1.54, 1.807) is 7.11 Å². The first-order valence-electron chi connectivity index (χ1n) is 8.77. The molecule has 0 aliphatic carbocycles. The first kappa shape index (κ1) is 19.0. The standard InChI is InChI=1S/C21H28N2O2/c1-16(2)14-19(17-10-6-4-7-11-17)23-21(24)22-15-20(25-3)18-12-8-5-9-13-18/h4-13,16,19-20H,14-15H2,1-3H3,(H2,22,23,24)/t19-,20+/m1/s1. The number of methoxy groups -OCH3 is 1. The van der Waals surface area contributed by atoms with Crippen molar-refractivity contribution >= 4 is 6.03 Å². The molecule has 0 aromatic heterocycles. The largest absolute Gasteiger partial charge is 0.375 e. The lowest BCUT2D eigenvalue weighted by atomic mass is 9.97. The van der Waals surface area contributed by atoms with Crippen LogP contribution in [0.4, 0.5) is 4.79 Å². The molecule has 2 aromatic rings. The molecule has 2 amide bonds. The predicted octanol–water partition coefficient (Wildman–Crippen LogP) is 4.46. The summed E-state index contributed by atoms with van der Waals surface area (Å²) in [5.74, 6) is 0.488. The highest BCUT2D eigenvalue weighted by molar-refractivity contribution is 5.74. The van der Waals surface area contributed by atoms with E-state index in [2.05, 4.69) is 36.6 Å². The normalized spacial score (nSPS) is 13.3. The van der Waals surface area contributed by atoms with Crippen molar-refractivity contribution in [3.63, 3.8) is 0 Å². The Morgan fingerprint density at radius 2 is 1.52 bits per heavy atom. The molecule has 2 N–H and O–H groups in total. The molecule has 134 valence electrons. The van der Waals surface area contributed by atoms with Gasteiger partial charge in [0.05, 0.1) is 12.1 Å². The Bertz CT molecular complexity index is 629. The van der Waals surface area contributed by atoms with Gasteiger partial charge >= 0.3 is 6.03 Å². The summed E-state index contributed by atoms with van der Waals surface area (Å²) >= 11 is 0. The number of carbonyl (C=O) groups excluding carboxylic acids is 1. The summed E-state index contributed by atoms with van der Waals surface area (Å²) in [5, 5.41) is 6.02. The van der Waals surface area contributed by atoms with Crippen LogP contribution < -0.4 is 10.6 Å². The molecule has 0 saturated carbocycles. The van der Waals surface area contributed by atoms with Gasteiger partial charge < -0.3 is 15.4 Å². The lowest BCUT2D eigenvalue weighted by Gasteiger charge is -2.22. The molecule has 25 heavy (non-hydrogen) atoms. The number of benzene rings is 2. The number of rotatable bonds is 8. The number of hydrogen-bond acceptors (Lipinski definition) is 2. The van der Waals surface area contributed by atoms with Crippen molar-refractivity contribution in [3.8, 4) is 0 Å². The second kappa shape index (κ2) is 9.84. The summed E-state index contributed by atoms with van der Waals surface area (Å²) in [7, 11) is 1.66. The maximum Gasteiger partial charge on any atom is 0.315 e. The van der Waals surface area contributed by atoms with Gasteiger partial charge in [0.15, 0.2) is 0 Å². The van der Waals surface area contributed by atoms with Crippen molar-refractivity contribution in [2.75, 3.05) is 13.7 Å². The number of hydrogen-bond donors (Lipinski definition) is 2. The van der Waals surface area contributed by atoms with Crippen LogP contribution in [-0.2, 0) is 4.74 Å². The molecule has 2 aromatic carbocycles. The van der Waals surface area contributed by atoms with E-state index in [1.165, 1.54) is 0 Å². The average molecular weight is 340 g/mol. The second-order valence-electron chi connectivity index (χ2n) is 6.58. The van der Waals surface area contributed by atoms with E-state index in [-0.39, 0.29) is 18.2 Å². The van der Waals surface area contributed by atoms with Gasteiger partial charge in [-0.1, -0.05) is 74.5 Å². The molecule has 0 heterocycles. The summed E-state index contributed by atoms with van der Waals surface area (Å²) in [6.07, 6.45) is 0.733. The topological polar surface area (TPSA) is 50.4 Å². The van der Waals surface area contributed by atoms with Crippen molar-refractivity contribution in [2.45, 2.75) is 32.4 Å². The van der Waals surface area contributed by atoms with E-state index in [4.69, 9.17) is 4.74 Å². The maximum absolute atomic E-state index is 12.4. The summed E-state index contributed by atoms with van der Waals surface area (Å²) in [6, 6.07) is 19.8. The molecule has 0 saturated heterocycles. The van der Waals surface area contributed by atoms with Gasteiger partial charge in [-0.2, -0.15) is 0 Å². The number of ether oxygens (including phenoxy) is 1. The monoisotopic (exact) mass is 340 g/mol. The Morgan fingerprint density at radius 3 is 2.04 bits per heavy atom. The Morgan fingerprint density at radius 1 is 0.960 bits per heavy atom. The highest BCUT2D eigenvalue weighted by Crippen LogP contribution is 2.21. The fourth-order valence-corrected chi connectivity index (χ4v) is 2.83. The average Bonchev–Trinajstić information content (AvgIpc) is 2.63. The van der Waals surface area contributed by atoms with Gasteiger partial charge in [-0.05, 0) is 23.5 Å². The summed E-state index contributed by atoms with van der Waals surface area (Å²) in [6.45, 7) is 4.74. The van der Waals surface area contributed by atoms with E-state index in [1.807, 2.05) is 48.5 Å². The lowest BCUT2D eigenvalue weighted by molar-refractivity contribution is 0.104. The number of carbonyl (C=O) groups is 1. The molecule has 0 aliphatic rings. The molecule has 0 bridgehead atoms. The molecule has 0 radical (unpaired) electrons. The van der Waals surface area contributed by atoms with Gasteiger partial charge in [0, 0.05) is 13.7 Å². The van der Waals surface area contributed by atoms with Gasteiger partial charge in [0.2, 0.25) is 0 Å². The third-order valence-corrected chi connectivity index (χ3v) is 4.12. The molecule has 2 rings (SSSR count). The highest BCUT2D eigenvalue weighted by atomic mass is 16.5. The quantitative estimate of drug-likeness (QED) is 0.745. The summed E-state index contributed by atoms with van der Waals surface area (Å²) in [4.78, 5) is 12.4. The smallest absolute Gasteiger partial charge is 0.315 e. The van der Waals surface area contributed by atoms with Crippen LogP contribution in [0.5, 0.6) is 0 Å². The van der Waals surface area contributed by atoms with Crippen molar-refractivity contribution in [1.29, 1.82) is 0 Å². The molecule has 0 fully saturated rings. The fourth-order valence-electron chi connectivity index (χ4n) is 2.83. The highest BCUT2D eigenvalue weighted by Gasteiger charge is 2.17.